The fraction of sp³-hybridized carbons (Fsp3) is 0.111. The summed E-state index contributed by atoms with van der Waals surface area (Å²) in [4.78, 5) is 1.74. The molecule has 2 heteroatoms. The van der Waals surface area contributed by atoms with E-state index in [-0.39, 0.29) is 5.82 Å². The topological polar surface area (TPSA) is 0 Å². The van der Waals surface area contributed by atoms with Crippen LogP contribution in [0.1, 0.15) is 5.56 Å². The summed E-state index contributed by atoms with van der Waals surface area (Å²) in [5.74, 6) is -0.141. The molecule has 0 aliphatic heterocycles. The Kier molecular flexibility index (Phi) is 3.30. The Hall–Kier alpha value is -0.630. The first-order chi connectivity index (χ1) is 5.34. The van der Waals surface area contributed by atoms with Gasteiger partial charge in [-0.2, -0.15) is 0 Å². The van der Waals surface area contributed by atoms with Crippen LogP contribution in [-0.2, 0) is 6.42 Å². The molecule has 0 N–H and O–H groups in total. The summed E-state index contributed by atoms with van der Waals surface area (Å²) >= 11 is 3.13. The standard InChI is InChI=1S/C9H8BrF/c10-7-3-5-8-4-1-2-6-9(8)11/h1-4,6-7H,5H2/b7-3+. The summed E-state index contributed by atoms with van der Waals surface area (Å²) in [5.41, 5.74) is 0.725. The quantitative estimate of drug-likeness (QED) is 0.710. The highest BCUT2D eigenvalue weighted by atomic mass is 79.9. The lowest BCUT2D eigenvalue weighted by Crippen LogP contribution is -1.85. The van der Waals surface area contributed by atoms with Crippen LogP contribution in [0.2, 0.25) is 0 Å². The van der Waals surface area contributed by atoms with E-state index in [1.807, 2.05) is 12.1 Å². The van der Waals surface area contributed by atoms with Crippen molar-refractivity contribution in [1.29, 1.82) is 0 Å². The van der Waals surface area contributed by atoms with Gasteiger partial charge in [0.25, 0.3) is 0 Å². The van der Waals surface area contributed by atoms with Crippen LogP contribution >= 0.6 is 15.9 Å². The third-order valence-electron chi connectivity index (χ3n) is 1.38. The molecule has 0 spiro atoms. The summed E-state index contributed by atoms with van der Waals surface area (Å²) in [5, 5.41) is 0. The number of benzene rings is 1. The maximum Gasteiger partial charge on any atom is 0.126 e. The second-order valence-corrected chi connectivity index (χ2v) is 2.69. The maximum absolute atomic E-state index is 12.9. The molecule has 0 atom stereocenters. The Morgan fingerprint density at radius 2 is 2.09 bits per heavy atom. The molecule has 0 radical (unpaired) electrons. The first-order valence-corrected chi connectivity index (χ1v) is 4.25. The van der Waals surface area contributed by atoms with E-state index in [0.29, 0.717) is 6.42 Å². The molecule has 0 aromatic heterocycles. The highest BCUT2D eigenvalue weighted by molar-refractivity contribution is 9.11. The van der Waals surface area contributed by atoms with Gasteiger partial charge in [0.15, 0.2) is 0 Å². The Morgan fingerprint density at radius 1 is 1.36 bits per heavy atom. The highest BCUT2D eigenvalue weighted by Crippen LogP contribution is 2.07. The normalized spacial score (nSPS) is 10.7. The zero-order valence-electron chi connectivity index (χ0n) is 5.93. The van der Waals surface area contributed by atoms with Crippen molar-refractivity contribution in [1.82, 2.24) is 0 Å². The Bertz CT molecular complexity index is 255. The fourth-order valence-corrected chi connectivity index (χ4v) is 1.02. The molecular weight excluding hydrogens is 207 g/mol. The SMILES string of the molecule is Fc1ccccc1C/C=C/Br. The molecule has 0 fully saturated rings. The molecule has 11 heavy (non-hydrogen) atoms. The molecule has 0 unspecified atom stereocenters. The summed E-state index contributed by atoms with van der Waals surface area (Å²) in [6, 6.07) is 6.77. The minimum Gasteiger partial charge on any atom is -0.207 e. The van der Waals surface area contributed by atoms with Gasteiger partial charge in [0.05, 0.1) is 0 Å². The van der Waals surface area contributed by atoms with Crippen molar-refractivity contribution >= 4 is 15.9 Å². The number of rotatable bonds is 2. The summed E-state index contributed by atoms with van der Waals surface area (Å²) < 4.78 is 12.9. The summed E-state index contributed by atoms with van der Waals surface area (Å²) in [6.45, 7) is 0. The molecule has 0 heterocycles. The van der Waals surface area contributed by atoms with Crippen LogP contribution in [0.5, 0.6) is 0 Å². The van der Waals surface area contributed by atoms with Gasteiger partial charge in [-0.1, -0.05) is 40.2 Å². The molecule has 0 aliphatic carbocycles. The first kappa shape index (κ1) is 8.47. The average Bonchev–Trinajstić information content (AvgIpc) is 2.03. The van der Waals surface area contributed by atoms with Gasteiger partial charge < -0.3 is 0 Å². The van der Waals surface area contributed by atoms with Crippen LogP contribution in [-0.4, -0.2) is 0 Å². The van der Waals surface area contributed by atoms with Crippen LogP contribution in [0.4, 0.5) is 4.39 Å². The lowest BCUT2D eigenvalue weighted by Gasteiger charge is -1.96. The fourth-order valence-electron chi connectivity index (χ4n) is 0.835. The second-order valence-electron chi connectivity index (χ2n) is 2.16. The Labute approximate surface area is 73.9 Å². The van der Waals surface area contributed by atoms with Gasteiger partial charge in [-0.25, -0.2) is 4.39 Å². The van der Waals surface area contributed by atoms with Crippen molar-refractivity contribution in [3.8, 4) is 0 Å². The molecule has 0 amide bonds. The van der Waals surface area contributed by atoms with Gasteiger partial charge in [0.2, 0.25) is 0 Å². The van der Waals surface area contributed by atoms with Crippen molar-refractivity contribution < 1.29 is 4.39 Å². The molecule has 58 valence electrons. The van der Waals surface area contributed by atoms with Gasteiger partial charge in [0.1, 0.15) is 5.82 Å². The average molecular weight is 215 g/mol. The van der Waals surface area contributed by atoms with Crippen molar-refractivity contribution in [3.05, 3.63) is 46.7 Å². The Balaban J connectivity index is 2.77. The van der Waals surface area contributed by atoms with E-state index in [0.717, 1.165) is 5.56 Å². The largest absolute Gasteiger partial charge is 0.207 e. The van der Waals surface area contributed by atoms with Gasteiger partial charge in [-0.05, 0) is 23.0 Å². The number of hydrogen-bond acceptors (Lipinski definition) is 0. The van der Waals surface area contributed by atoms with E-state index in [9.17, 15) is 4.39 Å². The van der Waals surface area contributed by atoms with Crippen molar-refractivity contribution in [2.24, 2.45) is 0 Å². The van der Waals surface area contributed by atoms with Gasteiger partial charge >= 0.3 is 0 Å². The number of allylic oxidation sites excluding steroid dienone is 1. The molecule has 0 saturated heterocycles. The van der Waals surface area contributed by atoms with Crippen molar-refractivity contribution in [2.75, 3.05) is 0 Å². The minimum atomic E-state index is -0.141. The molecule has 0 nitrogen and oxygen atoms in total. The maximum atomic E-state index is 12.9. The third-order valence-corrected chi connectivity index (χ3v) is 1.76. The lowest BCUT2D eigenvalue weighted by molar-refractivity contribution is 0.615. The monoisotopic (exact) mass is 214 g/mol. The molecule has 1 aromatic rings. The van der Waals surface area contributed by atoms with Crippen LogP contribution in [0, 0.1) is 5.82 Å². The smallest absolute Gasteiger partial charge is 0.126 e. The predicted molar refractivity (Wildman–Crippen MR) is 48.2 cm³/mol. The number of halogens is 2. The highest BCUT2D eigenvalue weighted by Gasteiger charge is 1.95. The minimum absolute atomic E-state index is 0.141. The van der Waals surface area contributed by atoms with Gasteiger partial charge in [0, 0.05) is 0 Å². The summed E-state index contributed by atoms with van der Waals surface area (Å²) in [7, 11) is 0. The molecule has 1 rings (SSSR count). The van der Waals surface area contributed by atoms with Crippen LogP contribution in [0.15, 0.2) is 35.3 Å². The van der Waals surface area contributed by atoms with Gasteiger partial charge in [-0.15, -0.1) is 0 Å². The molecule has 0 saturated carbocycles. The summed E-state index contributed by atoms with van der Waals surface area (Å²) in [6.07, 6.45) is 2.50. The van der Waals surface area contributed by atoms with E-state index in [4.69, 9.17) is 0 Å². The van der Waals surface area contributed by atoms with Crippen LogP contribution < -0.4 is 0 Å². The number of hydrogen-bond donors (Lipinski definition) is 0. The van der Waals surface area contributed by atoms with Crippen molar-refractivity contribution in [3.63, 3.8) is 0 Å². The predicted octanol–water partition coefficient (Wildman–Crippen LogP) is 3.28. The second kappa shape index (κ2) is 4.29. The molecule has 0 bridgehead atoms. The van der Waals surface area contributed by atoms with Crippen LogP contribution in [0.3, 0.4) is 0 Å². The van der Waals surface area contributed by atoms with Gasteiger partial charge in [-0.3, -0.25) is 0 Å². The van der Waals surface area contributed by atoms with Crippen molar-refractivity contribution in [2.45, 2.75) is 6.42 Å². The molecule has 1 aromatic carbocycles. The lowest BCUT2D eigenvalue weighted by atomic mass is 10.1. The van der Waals surface area contributed by atoms with E-state index >= 15 is 0 Å². The molecular formula is C9H8BrF. The van der Waals surface area contributed by atoms with E-state index in [1.54, 1.807) is 17.1 Å². The third kappa shape index (κ3) is 2.46. The van der Waals surface area contributed by atoms with E-state index in [1.165, 1.54) is 6.07 Å². The van der Waals surface area contributed by atoms with Crippen LogP contribution in [0.25, 0.3) is 0 Å². The zero-order chi connectivity index (χ0) is 8.10. The van der Waals surface area contributed by atoms with E-state index in [2.05, 4.69) is 15.9 Å². The molecule has 0 aliphatic rings. The Morgan fingerprint density at radius 3 is 2.73 bits per heavy atom. The zero-order valence-corrected chi connectivity index (χ0v) is 7.51. The van der Waals surface area contributed by atoms with E-state index < -0.39 is 0 Å². The first-order valence-electron chi connectivity index (χ1n) is 3.33.